The molecule has 0 N–H and O–H groups in total. The summed E-state index contributed by atoms with van der Waals surface area (Å²) in [6, 6.07) is 9.52. The van der Waals surface area contributed by atoms with Crippen LogP contribution in [0.25, 0.3) is 0 Å². The Balaban J connectivity index is 2.54. The van der Waals surface area contributed by atoms with E-state index in [0.717, 1.165) is 11.8 Å². The van der Waals surface area contributed by atoms with Crippen molar-refractivity contribution in [2.24, 2.45) is 0 Å². The summed E-state index contributed by atoms with van der Waals surface area (Å²) in [5, 5.41) is 11.4. The second kappa shape index (κ2) is 7.69. The molecule has 0 fully saturated rings. The van der Waals surface area contributed by atoms with Crippen molar-refractivity contribution in [1.29, 1.82) is 0 Å². The largest absolute Gasteiger partial charge is 0.493 e. The van der Waals surface area contributed by atoms with E-state index in [2.05, 4.69) is 0 Å². The fourth-order valence-corrected chi connectivity index (χ4v) is 3.08. The van der Waals surface area contributed by atoms with E-state index in [1.54, 1.807) is 24.3 Å². The summed E-state index contributed by atoms with van der Waals surface area (Å²) in [5.74, 6) is 0.109. The fraction of sp³-hybridized carbons (Fsp3) is 0.188. The van der Waals surface area contributed by atoms with Crippen molar-refractivity contribution >= 4 is 23.4 Å². The zero-order chi connectivity index (χ0) is 17.7. The Morgan fingerprint density at radius 3 is 2.25 bits per heavy atom. The maximum atomic E-state index is 11.9. The molecule has 2 rings (SSSR count). The number of hydrogen-bond donors (Lipinski definition) is 0. The molecule has 0 saturated heterocycles. The molecule has 0 unspecified atom stereocenters. The molecule has 2 aromatic carbocycles. The molecular formula is C16H15NO6S. The Kier molecular flexibility index (Phi) is 5.64. The SMILES string of the molecule is COC(=O)c1ccccc1Sc1cc(OC)c(OC)cc1[N+](=O)[O-]. The van der Waals surface area contributed by atoms with Crippen molar-refractivity contribution in [3.63, 3.8) is 0 Å². The third-order valence-corrected chi connectivity index (χ3v) is 4.30. The predicted molar refractivity (Wildman–Crippen MR) is 88.1 cm³/mol. The summed E-state index contributed by atoms with van der Waals surface area (Å²) in [7, 11) is 4.13. The van der Waals surface area contributed by atoms with Gasteiger partial charge in [0, 0.05) is 11.0 Å². The smallest absolute Gasteiger partial charge is 0.339 e. The van der Waals surface area contributed by atoms with Crippen LogP contribution >= 0.6 is 11.8 Å². The van der Waals surface area contributed by atoms with E-state index in [1.807, 2.05) is 0 Å². The highest BCUT2D eigenvalue weighted by Gasteiger charge is 2.22. The highest BCUT2D eigenvalue weighted by Crippen LogP contribution is 2.42. The monoisotopic (exact) mass is 349 g/mol. The summed E-state index contributed by atoms with van der Waals surface area (Å²) < 4.78 is 15.0. The summed E-state index contributed by atoms with van der Waals surface area (Å²) in [6.45, 7) is 0. The second-order valence-corrected chi connectivity index (χ2v) is 5.61. The quantitative estimate of drug-likeness (QED) is 0.447. The van der Waals surface area contributed by atoms with Crippen LogP contribution in [0.3, 0.4) is 0 Å². The average molecular weight is 349 g/mol. The second-order valence-electron chi connectivity index (χ2n) is 4.52. The lowest BCUT2D eigenvalue weighted by atomic mass is 10.2. The molecule has 0 heterocycles. The van der Waals surface area contributed by atoms with Gasteiger partial charge in [-0.05, 0) is 12.1 Å². The molecule has 0 saturated carbocycles. The number of hydrogen-bond acceptors (Lipinski definition) is 7. The van der Waals surface area contributed by atoms with Crippen molar-refractivity contribution < 1.29 is 23.9 Å². The molecule has 0 radical (unpaired) electrons. The molecule has 0 spiro atoms. The number of methoxy groups -OCH3 is 3. The van der Waals surface area contributed by atoms with Gasteiger partial charge >= 0.3 is 5.97 Å². The zero-order valence-electron chi connectivity index (χ0n) is 13.3. The normalized spacial score (nSPS) is 10.1. The molecule has 0 amide bonds. The third-order valence-electron chi connectivity index (χ3n) is 3.17. The molecule has 0 aromatic heterocycles. The van der Waals surface area contributed by atoms with Gasteiger partial charge in [0.25, 0.3) is 5.69 Å². The summed E-state index contributed by atoms with van der Waals surface area (Å²) >= 11 is 1.08. The summed E-state index contributed by atoms with van der Waals surface area (Å²) in [5.41, 5.74) is 0.186. The first-order chi connectivity index (χ1) is 11.5. The van der Waals surface area contributed by atoms with Gasteiger partial charge in [-0.2, -0.15) is 0 Å². The molecule has 0 aliphatic carbocycles. The molecule has 126 valence electrons. The molecule has 0 bridgehead atoms. The highest BCUT2D eigenvalue weighted by molar-refractivity contribution is 7.99. The van der Waals surface area contributed by atoms with Gasteiger partial charge in [0.2, 0.25) is 0 Å². The van der Waals surface area contributed by atoms with Gasteiger partial charge in [0.1, 0.15) is 0 Å². The minimum absolute atomic E-state index is 0.141. The molecule has 7 nitrogen and oxygen atoms in total. The lowest BCUT2D eigenvalue weighted by molar-refractivity contribution is -0.387. The number of carbonyl (C=O) groups is 1. The van der Waals surface area contributed by atoms with E-state index in [-0.39, 0.29) is 11.4 Å². The van der Waals surface area contributed by atoms with Crippen LogP contribution in [0.15, 0.2) is 46.2 Å². The molecule has 24 heavy (non-hydrogen) atoms. The van der Waals surface area contributed by atoms with E-state index < -0.39 is 10.9 Å². The molecule has 8 heteroatoms. The number of rotatable bonds is 6. The maximum absolute atomic E-state index is 11.9. The van der Waals surface area contributed by atoms with E-state index in [4.69, 9.17) is 14.2 Å². The first kappa shape index (κ1) is 17.6. The van der Waals surface area contributed by atoms with Crippen LogP contribution < -0.4 is 9.47 Å². The van der Waals surface area contributed by atoms with E-state index in [1.165, 1.54) is 33.5 Å². The highest BCUT2D eigenvalue weighted by atomic mass is 32.2. The maximum Gasteiger partial charge on any atom is 0.339 e. The average Bonchev–Trinajstić information content (AvgIpc) is 2.60. The van der Waals surface area contributed by atoms with Gasteiger partial charge in [0.05, 0.1) is 42.8 Å². The Hall–Kier alpha value is -2.74. The number of esters is 1. The van der Waals surface area contributed by atoms with Crippen LogP contribution in [0.5, 0.6) is 11.5 Å². The van der Waals surface area contributed by atoms with Gasteiger partial charge in [-0.3, -0.25) is 10.1 Å². The molecule has 0 aliphatic rings. The predicted octanol–water partition coefficient (Wildman–Crippen LogP) is 3.55. The lowest BCUT2D eigenvalue weighted by Crippen LogP contribution is -2.03. The van der Waals surface area contributed by atoms with Gasteiger partial charge in [-0.25, -0.2) is 4.79 Å². The van der Waals surface area contributed by atoms with Crippen molar-refractivity contribution in [3.8, 4) is 11.5 Å². The standard InChI is InChI=1S/C16H15NO6S/c1-21-12-8-11(17(19)20)15(9-13(12)22-2)24-14-7-5-4-6-10(14)16(18)23-3/h4-9H,1-3H3. The van der Waals surface area contributed by atoms with Crippen LogP contribution in [0.1, 0.15) is 10.4 Å². The zero-order valence-corrected chi connectivity index (χ0v) is 14.1. The van der Waals surface area contributed by atoms with Crippen LogP contribution in [0, 0.1) is 10.1 Å². The number of benzene rings is 2. The Morgan fingerprint density at radius 1 is 1.04 bits per heavy atom. The minimum Gasteiger partial charge on any atom is -0.493 e. The third kappa shape index (κ3) is 3.60. The Labute approximate surface area is 142 Å². The molecule has 0 aliphatic heterocycles. The topological polar surface area (TPSA) is 87.9 Å². The van der Waals surface area contributed by atoms with Crippen LogP contribution in [-0.4, -0.2) is 32.2 Å². The fourth-order valence-electron chi connectivity index (χ4n) is 2.03. The first-order valence-corrected chi connectivity index (χ1v) is 7.59. The van der Waals surface area contributed by atoms with Crippen molar-refractivity contribution in [1.82, 2.24) is 0 Å². The number of ether oxygens (including phenoxy) is 3. The summed E-state index contributed by atoms with van der Waals surface area (Å²) in [6.07, 6.45) is 0. The number of nitro benzene ring substituents is 1. The summed E-state index contributed by atoms with van der Waals surface area (Å²) in [4.78, 5) is 23.6. The van der Waals surface area contributed by atoms with Gasteiger partial charge < -0.3 is 14.2 Å². The number of nitro groups is 1. The Morgan fingerprint density at radius 2 is 1.67 bits per heavy atom. The first-order valence-electron chi connectivity index (χ1n) is 6.77. The van der Waals surface area contributed by atoms with Gasteiger partial charge in [0.15, 0.2) is 11.5 Å². The lowest BCUT2D eigenvalue weighted by Gasteiger charge is -2.11. The molecule has 2 aromatic rings. The van der Waals surface area contributed by atoms with E-state index in [9.17, 15) is 14.9 Å². The molecular weight excluding hydrogens is 334 g/mol. The van der Waals surface area contributed by atoms with E-state index in [0.29, 0.717) is 21.1 Å². The van der Waals surface area contributed by atoms with E-state index >= 15 is 0 Å². The van der Waals surface area contributed by atoms with Gasteiger partial charge in [-0.1, -0.05) is 23.9 Å². The van der Waals surface area contributed by atoms with Gasteiger partial charge in [-0.15, -0.1) is 0 Å². The van der Waals surface area contributed by atoms with Crippen LogP contribution in [-0.2, 0) is 4.74 Å². The van der Waals surface area contributed by atoms with Crippen LogP contribution in [0.4, 0.5) is 5.69 Å². The van der Waals surface area contributed by atoms with Crippen molar-refractivity contribution in [3.05, 3.63) is 52.1 Å². The number of carbonyl (C=O) groups excluding carboxylic acids is 1. The van der Waals surface area contributed by atoms with Crippen LogP contribution in [0.2, 0.25) is 0 Å². The minimum atomic E-state index is -0.513. The van der Waals surface area contributed by atoms with Crippen molar-refractivity contribution in [2.45, 2.75) is 9.79 Å². The van der Waals surface area contributed by atoms with Crippen molar-refractivity contribution in [2.75, 3.05) is 21.3 Å². The molecule has 0 atom stereocenters. The Bertz CT molecular complexity index is 777. The number of nitrogens with zero attached hydrogens (tertiary/aromatic N) is 1.